The molecule has 14 heavy (non-hydrogen) atoms. The highest BCUT2D eigenvalue weighted by Gasteiger charge is 2.53. The molecule has 0 aromatic carbocycles. The number of esters is 1. The van der Waals surface area contributed by atoms with Gasteiger partial charge in [-0.25, -0.2) is 0 Å². The van der Waals surface area contributed by atoms with Gasteiger partial charge in [0.05, 0.1) is 12.8 Å². The standard InChI is InChI=1S/C11H13NO2/c1-8-4-3-5-9(12-8)11(6-7-11)10(13)14-2/h3-5H,6-7H2,1-2H3. The smallest absolute Gasteiger partial charge is 0.317 e. The number of hydrogen-bond acceptors (Lipinski definition) is 3. The van der Waals surface area contributed by atoms with Gasteiger partial charge >= 0.3 is 5.97 Å². The van der Waals surface area contributed by atoms with Crippen LogP contribution in [0.5, 0.6) is 0 Å². The molecule has 0 bridgehead atoms. The van der Waals surface area contributed by atoms with Gasteiger partial charge in [0, 0.05) is 5.69 Å². The number of carbonyl (C=O) groups is 1. The molecule has 0 unspecified atom stereocenters. The van der Waals surface area contributed by atoms with Gasteiger partial charge < -0.3 is 4.74 Å². The monoisotopic (exact) mass is 191 g/mol. The largest absolute Gasteiger partial charge is 0.468 e. The van der Waals surface area contributed by atoms with Gasteiger partial charge in [-0.15, -0.1) is 0 Å². The molecule has 3 nitrogen and oxygen atoms in total. The van der Waals surface area contributed by atoms with E-state index in [1.54, 1.807) is 0 Å². The lowest BCUT2D eigenvalue weighted by Gasteiger charge is -2.11. The molecule has 2 rings (SSSR count). The van der Waals surface area contributed by atoms with E-state index in [1.165, 1.54) is 7.11 Å². The Morgan fingerprint density at radius 2 is 2.21 bits per heavy atom. The molecule has 74 valence electrons. The Labute approximate surface area is 83.1 Å². The highest BCUT2D eigenvalue weighted by Crippen LogP contribution is 2.48. The van der Waals surface area contributed by atoms with Crippen LogP contribution in [-0.4, -0.2) is 18.1 Å². The van der Waals surface area contributed by atoms with E-state index in [0.29, 0.717) is 0 Å². The Morgan fingerprint density at radius 1 is 1.50 bits per heavy atom. The molecule has 1 aliphatic carbocycles. The number of carbonyl (C=O) groups excluding carboxylic acids is 1. The van der Waals surface area contributed by atoms with Crippen LogP contribution in [0.3, 0.4) is 0 Å². The van der Waals surface area contributed by atoms with E-state index in [4.69, 9.17) is 4.74 Å². The Bertz CT molecular complexity index is 369. The van der Waals surface area contributed by atoms with Crippen LogP contribution < -0.4 is 0 Å². The second-order valence-corrected chi connectivity index (χ2v) is 3.74. The van der Waals surface area contributed by atoms with Gasteiger partial charge in [0.2, 0.25) is 0 Å². The fraction of sp³-hybridized carbons (Fsp3) is 0.455. The zero-order valence-electron chi connectivity index (χ0n) is 8.41. The molecule has 0 radical (unpaired) electrons. The van der Waals surface area contributed by atoms with Gasteiger partial charge in [-0.1, -0.05) is 6.07 Å². The zero-order valence-corrected chi connectivity index (χ0v) is 8.41. The van der Waals surface area contributed by atoms with Crippen LogP contribution in [0.15, 0.2) is 18.2 Å². The molecule has 0 spiro atoms. The van der Waals surface area contributed by atoms with E-state index in [-0.39, 0.29) is 5.97 Å². The van der Waals surface area contributed by atoms with Gasteiger partial charge in [-0.05, 0) is 31.9 Å². The minimum absolute atomic E-state index is 0.157. The maximum Gasteiger partial charge on any atom is 0.317 e. The summed E-state index contributed by atoms with van der Waals surface area (Å²) in [6.45, 7) is 1.93. The number of pyridine rings is 1. The number of rotatable bonds is 2. The predicted molar refractivity (Wildman–Crippen MR) is 51.9 cm³/mol. The van der Waals surface area contributed by atoms with Gasteiger partial charge in [-0.3, -0.25) is 9.78 Å². The van der Waals surface area contributed by atoms with E-state index in [9.17, 15) is 4.79 Å². The average molecular weight is 191 g/mol. The summed E-state index contributed by atoms with van der Waals surface area (Å²) >= 11 is 0. The molecule has 0 amide bonds. The number of aryl methyl sites for hydroxylation is 1. The van der Waals surface area contributed by atoms with Crippen LogP contribution >= 0.6 is 0 Å². The summed E-state index contributed by atoms with van der Waals surface area (Å²) < 4.78 is 4.79. The molecule has 0 saturated heterocycles. The summed E-state index contributed by atoms with van der Waals surface area (Å²) in [6, 6.07) is 5.76. The number of methoxy groups -OCH3 is 1. The van der Waals surface area contributed by atoms with Crippen LogP contribution in [0.1, 0.15) is 24.2 Å². The van der Waals surface area contributed by atoms with Crippen molar-refractivity contribution in [2.24, 2.45) is 0 Å². The highest BCUT2D eigenvalue weighted by atomic mass is 16.5. The van der Waals surface area contributed by atoms with Crippen LogP contribution in [0, 0.1) is 6.92 Å². The first-order valence-corrected chi connectivity index (χ1v) is 4.71. The molecule has 1 heterocycles. The first kappa shape index (κ1) is 9.19. The van der Waals surface area contributed by atoms with Crippen molar-refractivity contribution in [3.8, 4) is 0 Å². The lowest BCUT2D eigenvalue weighted by atomic mass is 10.0. The second-order valence-electron chi connectivity index (χ2n) is 3.74. The van der Waals surface area contributed by atoms with E-state index < -0.39 is 5.41 Å². The normalized spacial score (nSPS) is 17.6. The number of aromatic nitrogens is 1. The SMILES string of the molecule is COC(=O)C1(c2cccc(C)n2)CC1. The summed E-state index contributed by atoms with van der Waals surface area (Å²) in [5, 5.41) is 0. The minimum Gasteiger partial charge on any atom is -0.468 e. The van der Waals surface area contributed by atoms with E-state index in [0.717, 1.165) is 24.2 Å². The zero-order chi connectivity index (χ0) is 10.2. The fourth-order valence-corrected chi connectivity index (χ4v) is 1.69. The second kappa shape index (κ2) is 3.08. The summed E-state index contributed by atoms with van der Waals surface area (Å²) in [5.74, 6) is -0.157. The molecule has 1 aromatic rings. The van der Waals surface area contributed by atoms with Gasteiger partial charge in [-0.2, -0.15) is 0 Å². The molecule has 0 atom stereocenters. The van der Waals surface area contributed by atoms with Crippen LogP contribution in [0.25, 0.3) is 0 Å². The van der Waals surface area contributed by atoms with Crippen LogP contribution in [0.2, 0.25) is 0 Å². The average Bonchev–Trinajstić information content (AvgIpc) is 2.97. The molecular formula is C11H13NO2. The van der Waals surface area contributed by atoms with Crippen molar-refractivity contribution in [2.75, 3.05) is 7.11 Å². The van der Waals surface area contributed by atoms with E-state index in [1.807, 2.05) is 25.1 Å². The Morgan fingerprint density at radius 3 is 2.71 bits per heavy atom. The van der Waals surface area contributed by atoms with E-state index >= 15 is 0 Å². The van der Waals surface area contributed by atoms with Crippen molar-refractivity contribution in [3.05, 3.63) is 29.6 Å². The lowest BCUT2D eigenvalue weighted by molar-refractivity contribution is -0.143. The molecule has 0 N–H and O–H groups in total. The molecular weight excluding hydrogens is 178 g/mol. The molecule has 3 heteroatoms. The lowest BCUT2D eigenvalue weighted by Crippen LogP contribution is -2.23. The van der Waals surface area contributed by atoms with Crippen molar-refractivity contribution < 1.29 is 9.53 Å². The summed E-state index contributed by atoms with van der Waals surface area (Å²) in [4.78, 5) is 15.9. The van der Waals surface area contributed by atoms with Crippen molar-refractivity contribution in [2.45, 2.75) is 25.2 Å². The molecule has 1 aromatic heterocycles. The van der Waals surface area contributed by atoms with E-state index in [2.05, 4.69) is 4.98 Å². The Balaban J connectivity index is 2.35. The fourth-order valence-electron chi connectivity index (χ4n) is 1.69. The topological polar surface area (TPSA) is 39.2 Å². The quantitative estimate of drug-likeness (QED) is 0.666. The first-order chi connectivity index (χ1) is 6.69. The first-order valence-electron chi connectivity index (χ1n) is 4.71. The van der Waals surface area contributed by atoms with Gasteiger partial charge in [0.1, 0.15) is 5.41 Å². The van der Waals surface area contributed by atoms with Crippen LogP contribution in [0.4, 0.5) is 0 Å². The summed E-state index contributed by atoms with van der Waals surface area (Å²) in [6.07, 6.45) is 1.71. The molecule has 1 saturated carbocycles. The molecule has 0 aliphatic heterocycles. The van der Waals surface area contributed by atoms with Crippen molar-refractivity contribution in [1.82, 2.24) is 4.98 Å². The van der Waals surface area contributed by atoms with Crippen molar-refractivity contribution in [1.29, 1.82) is 0 Å². The summed E-state index contributed by atoms with van der Waals surface area (Å²) in [5.41, 5.74) is 1.36. The maximum absolute atomic E-state index is 11.5. The number of nitrogens with zero attached hydrogens (tertiary/aromatic N) is 1. The number of hydrogen-bond donors (Lipinski definition) is 0. The van der Waals surface area contributed by atoms with Gasteiger partial charge in [0.25, 0.3) is 0 Å². The van der Waals surface area contributed by atoms with Crippen molar-refractivity contribution >= 4 is 5.97 Å². The Hall–Kier alpha value is -1.38. The molecule has 1 fully saturated rings. The maximum atomic E-state index is 11.5. The van der Waals surface area contributed by atoms with Crippen molar-refractivity contribution in [3.63, 3.8) is 0 Å². The third-order valence-electron chi connectivity index (χ3n) is 2.70. The highest BCUT2D eigenvalue weighted by molar-refractivity contribution is 5.85. The van der Waals surface area contributed by atoms with Crippen LogP contribution in [-0.2, 0) is 14.9 Å². The summed E-state index contributed by atoms with van der Waals surface area (Å²) in [7, 11) is 1.43. The predicted octanol–water partition coefficient (Wildman–Crippen LogP) is 1.59. The van der Waals surface area contributed by atoms with Gasteiger partial charge in [0.15, 0.2) is 0 Å². The Kier molecular flexibility index (Phi) is 2.02. The minimum atomic E-state index is -0.430. The third kappa shape index (κ3) is 1.29. The third-order valence-corrected chi connectivity index (χ3v) is 2.70. The molecule has 1 aliphatic rings. The number of ether oxygens (including phenoxy) is 1.